The lowest BCUT2D eigenvalue weighted by Crippen LogP contribution is -2.23. The highest BCUT2D eigenvalue weighted by Crippen LogP contribution is 2.26. The quantitative estimate of drug-likeness (QED) is 0.910. The maximum atomic E-state index is 12.1. The standard InChI is InChI=1S/C15H21N3OS/c1-9-10(2)20-15-13(9)14(19)17-12(18-15)8-16-7-11-5-3-4-6-11/h11,16H,3-8H2,1-2H3,(H,17,18,19). The minimum atomic E-state index is -0.00508. The van der Waals surface area contributed by atoms with Crippen LogP contribution in [0, 0.1) is 19.8 Å². The number of thiophene rings is 1. The number of nitrogens with one attached hydrogen (secondary N) is 2. The van der Waals surface area contributed by atoms with Crippen LogP contribution in [0.15, 0.2) is 4.79 Å². The van der Waals surface area contributed by atoms with Crippen LogP contribution in [0.3, 0.4) is 0 Å². The molecule has 2 N–H and O–H groups in total. The third kappa shape index (κ3) is 2.65. The molecule has 108 valence electrons. The second-order valence-corrected chi connectivity index (χ2v) is 6.96. The van der Waals surface area contributed by atoms with E-state index < -0.39 is 0 Å². The van der Waals surface area contributed by atoms with Crippen LogP contribution < -0.4 is 10.9 Å². The van der Waals surface area contributed by atoms with E-state index in [4.69, 9.17) is 0 Å². The van der Waals surface area contributed by atoms with E-state index in [1.165, 1.54) is 30.6 Å². The van der Waals surface area contributed by atoms with Gasteiger partial charge in [-0.25, -0.2) is 4.98 Å². The van der Waals surface area contributed by atoms with Gasteiger partial charge in [-0.3, -0.25) is 4.79 Å². The van der Waals surface area contributed by atoms with E-state index in [-0.39, 0.29) is 5.56 Å². The monoisotopic (exact) mass is 291 g/mol. The fraction of sp³-hybridized carbons (Fsp3) is 0.600. The molecule has 20 heavy (non-hydrogen) atoms. The first-order chi connectivity index (χ1) is 9.65. The molecule has 3 rings (SSSR count). The lowest BCUT2D eigenvalue weighted by molar-refractivity contribution is 0.484. The molecule has 5 heteroatoms. The fourth-order valence-corrected chi connectivity index (χ4v) is 4.04. The number of nitrogens with zero attached hydrogens (tertiary/aromatic N) is 1. The van der Waals surface area contributed by atoms with Crippen molar-refractivity contribution in [2.75, 3.05) is 6.54 Å². The summed E-state index contributed by atoms with van der Waals surface area (Å²) in [7, 11) is 0. The van der Waals surface area contributed by atoms with Gasteiger partial charge in [-0.05, 0) is 44.7 Å². The molecule has 1 aliphatic rings. The van der Waals surface area contributed by atoms with Gasteiger partial charge in [0, 0.05) is 4.88 Å². The highest BCUT2D eigenvalue weighted by Gasteiger charge is 2.15. The first kappa shape index (κ1) is 13.8. The predicted octanol–water partition coefficient (Wildman–Crippen LogP) is 2.88. The Bertz CT molecular complexity index is 668. The van der Waals surface area contributed by atoms with E-state index in [0.717, 1.165) is 34.1 Å². The summed E-state index contributed by atoms with van der Waals surface area (Å²) >= 11 is 1.61. The van der Waals surface area contributed by atoms with E-state index in [9.17, 15) is 4.79 Å². The first-order valence-corrected chi connectivity index (χ1v) is 8.16. The number of fused-ring (bicyclic) bond motifs is 1. The molecule has 0 saturated heterocycles. The molecule has 1 fully saturated rings. The van der Waals surface area contributed by atoms with Crippen molar-refractivity contribution in [1.82, 2.24) is 15.3 Å². The second-order valence-electron chi connectivity index (χ2n) is 5.76. The van der Waals surface area contributed by atoms with Crippen LogP contribution in [0.1, 0.15) is 41.9 Å². The number of rotatable bonds is 4. The van der Waals surface area contributed by atoms with Crippen LogP contribution in [0.2, 0.25) is 0 Å². The molecule has 0 bridgehead atoms. The molecular weight excluding hydrogens is 270 g/mol. The third-order valence-electron chi connectivity index (χ3n) is 4.29. The number of aromatic amines is 1. The summed E-state index contributed by atoms with van der Waals surface area (Å²) in [6.45, 7) is 5.71. The van der Waals surface area contributed by atoms with Gasteiger partial charge in [0.05, 0.1) is 11.9 Å². The van der Waals surface area contributed by atoms with Gasteiger partial charge >= 0.3 is 0 Å². The normalized spacial score (nSPS) is 16.3. The summed E-state index contributed by atoms with van der Waals surface area (Å²) in [5, 5.41) is 4.19. The highest BCUT2D eigenvalue weighted by atomic mass is 32.1. The third-order valence-corrected chi connectivity index (χ3v) is 5.39. The number of hydrogen-bond acceptors (Lipinski definition) is 4. The van der Waals surface area contributed by atoms with Crippen LogP contribution in [0.25, 0.3) is 10.2 Å². The van der Waals surface area contributed by atoms with Gasteiger partial charge in [0.1, 0.15) is 10.7 Å². The maximum absolute atomic E-state index is 12.1. The van der Waals surface area contributed by atoms with Crippen LogP contribution in [0.5, 0.6) is 0 Å². The summed E-state index contributed by atoms with van der Waals surface area (Å²) in [5.74, 6) is 1.55. The van der Waals surface area contributed by atoms with Gasteiger partial charge in [0.25, 0.3) is 5.56 Å². The van der Waals surface area contributed by atoms with E-state index in [0.29, 0.717) is 6.54 Å². The Labute approximate surface area is 122 Å². The number of aromatic nitrogens is 2. The van der Waals surface area contributed by atoms with Gasteiger partial charge in [0.15, 0.2) is 0 Å². The summed E-state index contributed by atoms with van der Waals surface area (Å²) in [5.41, 5.74) is 1.05. The Morgan fingerprint density at radius 1 is 1.35 bits per heavy atom. The summed E-state index contributed by atoms with van der Waals surface area (Å²) in [6, 6.07) is 0. The van der Waals surface area contributed by atoms with E-state index in [1.54, 1.807) is 11.3 Å². The van der Waals surface area contributed by atoms with Crippen molar-refractivity contribution in [3.63, 3.8) is 0 Å². The highest BCUT2D eigenvalue weighted by molar-refractivity contribution is 7.18. The Kier molecular flexibility index (Phi) is 3.89. The van der Waals surface area contributed by atoms with Crippen LogP contribution >= 0.6 is 11.3 Å². The predicted molar refractivity (Wildman–Crippen MR) is 83.4 cm³/mol. The van der Waals surface area contributed by atoms with E-state index in [1.807, 2.05) is 13.8 Å². The molecule has 0 amide bonds. The molecule has 0 aromatic carbocycles. The number of hydrogen-bond donors (Lipinski definition) is 2. The average Bonchev–Trinajstić information content (AvgIpc) is 2.99. The van der Waals surface area contributed by atoms with Gasteiger partial charge in [0.2, 0.25) is 0 Å². The molecule has 0 unspecified atom stereocenters. The van der Waals surface area contributed by atoms with Gasteiger partial charge < -0.3 is 10.3 Å². The molecule has 1 aliphatic carbocycles. The van der Waals surface area contributed by atoms with E-state index in [2.05, 4.69) is 15.3 Å². The van der Waals surface area contributed by atoms with Crippen molar-refractivity contribution in [2.45, 2.75) is 46.1 Å². The Morgan fingerprint density at radius 2 is 2.10 bits per heavy atom. The summed E-state index contributed by atoms with van der Waals surface area (Å²) in [6.07, 6.45) is 5.39. The average molecular weight is 291 g/mol. The smallest absolute Gasteiger partial charge is 0.259 e. The van der Waals surface area contributed by atoms with Crippen molar-refractivity contribution < 1.29 is 0 Å². The molecule has 2 aromatic heterocycles. The summed E-state index contributed by atoms with van der Waals surface area (Å²) in [4.78, 5) is 21.7. The van der Waals surface area contributed by atoms with Gasteiger partial charge in [-0.15, -0.1) is 11.3 Å². The zero-order chi connectivity index (χ0) is 14.1. The van der Waals surface area contributed by atoms with Gasteiger partial charge in [-0.2, -0.15) is 0 Å². The van der Waals surface area contributed by atoms with E-state index >= 15 is 0 Å². The molecular formula is C15H21N3OS. The van der Waals surface area contributed by atoms with Crippen LogP contribution in [-0.2, 0) is 6.54 Å². The molecule has 2 aromatic rings. The van der Waals surface area contributed by atoms with Crippen molar-refractivity contribution in [3.8, 4) is 0 Å². The topological polar surface area (TPSA) is 57.8 Å². The SMILES string of the molecule is Cc1sc2nc(CNCC3CCCC3)[nH]c(=O)c2c1C. The second kappa shape index (κ2) is 5.66. The van der Waals surface area contributed by atoms with Crippen LogP contribution in [-0.4, -0.2) is 16.5 Å². The molecule has 1 saturated carbocycles. The fourth-order valence-electron chi connectivity index (χ4n) is 2.99. The Balaban J connectivity index is 1.73. The molecule has 2 heterocycles. The molecule has 0 radical (unpaired) electrons. The minimum Gasteiger partial charge on any atom is -0.310 e. The lowest BCUT2D eigenvalue weighted by Gasteiger charge is -2.09. The van der Waals surface area contributed by atoms with Crippen molar-refractivity contribution in [1.29, 1.82) is 0 Å². The largest absolute Gasteiger partial charge is 0.310 e. The molecule has 4 nitrogen and oxygen atoms in total. The van der Waals surface area contributed by atoms with Gasteiger partial charge in [-0.1, -0.05) is 12.8 Å². The number of H-pyrrole nitrogens is 1. The Hall–Kier alpha value is -1.20. The van der Waals surface area contributed by atoms with Crippen molar-refractivity contribution in [2.24, 2.45) is 5.92 Å². The zero-order valence-electron chi connectivity index (χ0n) is 12.1. The zero-order valence-corrected chi connectivity index (χ0v) is 12.9. The number of aryl methyl sites for hydroxylation is 2. The molecule has 0 aliphatic heterocycles. The maximum Gasteiger partial charge on any atom is 0.259 e. The first-order valence-electron chi connectivity index (χ1n) is 7.34. The minimum absolute atomic E-state index is 0.00508. The molecule has 0 atom stereocenters. The van der Waals surface area contributed by atoms with Crippen LogP contribution in [0.4, 0.5) is 0 Å². The molecule has 0 spiro atoms. The Morgan fingerprint density at radius 3 is 2.85 bits per heavy atom. The van der Waals surface area contributed by atoms with Crippen molar-refractivity contribution >= 4 is 21.6 Å². The van der Waals surface area contributed by atoms with Crippen molar-refractivity contribution in [3.05, 3.63) is 26.6 Å². The summed E-state index contributed by atoms with van der Waals surface area (Å²) < 4.78 is 0. The lowest BCUT2D eigenvalue weighted by atomic mass is 10.1.